The molecule has 0 unspecified atom stereocenters. The van der Waals surface area contributed by atoms with Crippen molar-refractivity contribution in [3.63, 3.8) is 0 Å². The first kappa shape index (κ1) is 13.7. The van der Waals surface area contributed by atoms with E-state index in [1.54, 1.807) is 23.5 Å². The average molecular weight is 278 g/mol. The summed E-state index contributed by atoms with van der Waals surface area (Å²) in [4.78, 5) is 14.9. The molecule has 5 heteroatoms. The van der Waals surface area contributed by atoms with E-state index < -0.39 is 0 Å². The summed E-state index contributed by atoms with van der Waals surface area (Å²) in [5.74, 6) is -0.505. The second-order valence-corrected chi connectivity index (χ2v) is 5.34. The molecule has 1 aromatic heterocycles. The molecule has 0 fully saturated rings. The average Bonchev–Trinajstić information content (AvgIpc) is 2.81. The molecule has 0 aliphatic heterocycles. The van der Waals surface area contributed by atoms with E-state index >= 15 is 0 Å². The van der Waals surface area contributed by atoms with E-state index in [-0.39, 0.29) is 18.3 Å². The van der Waals surface area contributed by atoms with Crippen LogP contribution in [0.1, 0.15) is 4.88 Å². The molecule has 3 nitrogen and oxygen atoms in total. The van der Waals surface area contributed by atoms with Crippen molar-refractivity contribution in [1.29, 1.82) is 0 Å². The van der Waals surface area contributed by atoms with E-state index in [1.165, 1.54) is 17.0 Å². The third-order valence-electron chi connectivity index (χ3n) is 2.53. The van der Waals surface area contributed by atoms with Gasteiger partial charge in [-0.2, -0.15) is 0 Å². The predicted octanol–water partition coefficient (Wildman–Crippen LogP) is 2.96. The minimum Gasteiger partial charge on any atom is -0.325 e. The highest BCUT2D eigenvalue weighted by molar-refractivity contribution is 7.09. The van der Waals surface area contributed by atoms with Gasteiger partial charge in [0.2, 0.25) is 5.91 Å². The summed E-state index contributed by atoms with van der Waals surface area (Å²) in [7, 11) is 1.88. The molecule has 0 spiro atoms. The van der Waals surface area contributed by atoms with E-state index in [2.05, 4.69) is 5.32 Å². The van der Waals surface area contributed by atoms with Crippen LogP contribution in [0, 0.1) is 5.82 Å². The lowest BCUT2D eigenvalue weighted by Gasteiger charge is -2.15. The van der Waals surface area contributed by atoms with Crippen LogP contribution >= 0.6 is 11.3 Å². The van der Waals surface area contributed by atoms with Crippen LogP contribution in [0.4, 0.5) is 10.1 Å². The van der Waals surface area contributed by atoms with Crippen molar-refractivity contribution in [2.75, 3.05) is 18.9 Å². The number of nitrogens with zero attached hydrogens (tertiary/aromatic N) is 1. The highest BCUT2D eigenvalue weighted by Crippen LogP contribution is 2.11. The molecule has 2 aromatic rings. The lowest BCUT2D eigenvalue weighted by molar-refractivity contribution is -0.117. The summed E-state index contributed by atoms with van der Waals surface area (Å²) in [6.07, 6.45) is 0. The van der Waals surface area contributed by atoms with Gasteiger partial charge in [-0.05, 0) is 36.7 Å². The number of anilines is 1. The largest absolute Gasteiger partial charge is 0.325 e. The van der Waals surface area contributed by atoms with Crippen molar-refractivity contribution >= 4 is 22.9 Å². The normalized spacial score (nSPS) is 10.7. The fourth-order valence-corrected chi connectivity index (χ4v) is 2.52. The Bertz CT molecular complexity index is 542. The number of hydrogen-bond acceptors (Lipinski definition) is 3. The zero-order chi connectivity index (χ0) is 13.7. The van der Waals surface area contributed by atoms with E-state index in [4.69, 9.17) is 0 Å². The Hall–Kier alpha value is -1.72. The van der Waals surface area contributed by atoms with Crippen molar-refractivity contribution in [3.05, 3.63) is 52.5 Å². The van der Waals surface area contributed by atoms with Gasteiger partial charge in [0.05, 0.1) is 6.54 Å². The van der Waals surface area contributed by atoms with Crippen molar-refractivity contribution in [3.8, 4) is 0 Å². The molecular formula is C14H15FN2OS. The highest BCUT2D eigenvalue weighted by Gasteiger charge is 2.08. The summed E-state index contributed by atoms with van der Waals surface area (Å²) in [5, 5.41) is 4.69. The van der Waals surface area contributed by atoms with Gasteiger partial charge in [0.15, 0.2) is 0 Å². The lowest BCUT2D eigenvalue weighted by atomic mass is 10.3. The minimum absolute atomic E-state index is 0.148. The monoisotopic (exact) mass is 278 g/mol. The van der Waals surface area contributed by atoms with Gasteiger partial charge in [-0.3, -0.25) is 9.69 Å². The van der Waals surface area contributed by atoms with Crippen LogP contribution in [-0.4, -0.2) is 24.4 Å². The predicted molar refractivity (Wildman–Crippen MR) is 75.7 cm³/mol. The summed E-state index contributed by atoms with van der Waals surface area (Å²) >= 11 is 1.66. The van der Waals surface area contributed by atoms with Gasteiger partial charge in [0.25, 0.3) is 0 Å². The van der Waals surface area contributed by atoms with Gasteiger partial charge in [-0.15, -0.1) is 11.3 Å². The number of benzene rings is 1. The number of halogens is 1. The van der Waals surface area contributed by atoms with Crippen LogP contribution in [0.15, 0.2) is 41.8 Å². The maximum Gasteiger partial charge on any atom is 0.238 e. The van der Waals surface area contributed by atoms with Crippen molar-refractivity contribution < 1.29 is 9.18 Å². The number of carbonyl (C=O) groups is 1. The van der Waals surface area contributed by atoms with Crippen molar-refractivity contribution in [2.24, 2.45) is 0 Å². The Balaban J connectivity index is 1.84. The Morgan fingerprint density at radius 1 is 1.37 bits per heavy atom. The van der Waals surface area contributed by atoms with Crippen LogP contribution in [0.25, 0.3) is 0 Å². The molecular weight excluding hydrogens is 263 g/mol. The molecule has 0 saturated carbocycles. The van der Waals surface area contributed by atoms with Gasteiger partial charge in [0.1, 0.15) is 5.82 Å². The van der Waals surface area contributed by atoms with Gasteiger partial charge in [0, 0.05) is 17.1 Å². The standard InChI is InChI=1S/C14H15FN2OS/c1-17(9-13-6-3-7-19-13)10-14(18)16-12-5-2-4-11(15)8-12/h2-8H,9-10H2,1H3,(H,16,18). The van der Waals surface area contributed by atoms with Crippen LogP contribution in [0.5, 0.6) is 0 Å². The Morgan fingerprint density at radius 2 is 2.21 bits per heavy atom. The van der Waals surface area contributed by atoms with Gasteiger partial charge in [-0.25, -0.2) is 4.39 Å². The number of rotatable bonds is 5. The molecule has 1 heterocycles. The molecule has 19 heavy (non-hydrogen) atoms. The van der Waals surface area contributed by atoms with Gasteiger partial charge < -0.3 is 5.32 Å². The minimum atomic E-state index is -0.357. The first-order chi connectivity index (χ1) is 9.13. The molecule has 0 saturated heterocycles. The second kappa shape index (κ2) is 6.45. The fourth-order valence-electron chi connectivity index (χ4n) is 1.74. The second-order valence-electron chi connectivity index (χ2n) is 4.31. The summed E-state index contributed by atoms with van der Waals surface area (Å²) in [5.41, 5.74) is 0.481. The Kier molecular flexibility index (Phi) is 4.65. The van der Waals surface area contributed by atoms with Gasteiger partial charge in [-0.1, -0.05) is 12.1 Å². The first-order valence-electron chi connectivity index (χ1n) is 5.90. The lowest BCUT2D eigenvalue weighted by Crippen LogP contribution is -2.29. The van der Waals surface area contributed by atoms with Crippen LogP contribution in [-0.2, 0) is 11.3 Å². The van der Waals surface area contributed by atoms with Crippen LogP contribution in [0.3, 0.4) is 0 Å². The molecule has 0 atom stereocenters. The van der Waals surface area contributed by atoms with Gasteiger partial charge >= 0.3 is 0 Å². The molecule has 100 valence electrons. The topological polar surface area (TPSA) is 32.3 Å². The molecule has 0 aliphatic rings. The number of amides is 1. The third-order valence-corrected chi connectivity index (χ3v) is 3.39. The Morgan fingerprint density at radius 3 is 2.89 bits per heavy atom. The quantitative estimate of drug-likeness (QED) is 0.912. The smallest absolute Gasteiger partial charge is 0.238 e. The summed E-state index contributed by atoms with van der Waals surface area (Å²) in [6, 6.07) is 9.91. The number of nitrogens with one attached hydrogen (secondary N) is 1. The first-order valence-corrected chi connectivity index (χ1v) is 6.78. The number of likely N-dealkylation sites (N-methyl/N-ethyl adjacent to an activating group) is 1. The molecule has 1 amide bonds. The van der Waals surface area contributed by atoms with Crippen molar-refractivity contribution in [2.45, 2.75) is 6.54 Å². The molecule has 0 aliphatic carbocycles. The number of hydrogen-bond donors (Lipinski definition) is 1. The van der Waals surface area contributed by atoms with E-state index in [1.807, 2.05) is 29.5 Å². The fraction of sp³-hybridized carbons (Fsp3) is 0.214. The zero-order valence-electron chi connectivity index (χ0n) is 10.6. The molecule has 0 bridgehead atoms. The van der Waals surface area contributed by atoms with E-state index in [0.29, 0.717) is 5.69 Å². The maximum atomic E-state index is 13.0. The molecule has 1 N–H and O–H groups in total. The third kappa shape index (κ3) is 4.46. The molecule has 0 radical (unpaired) electrons. The summed E-state index contributed by atoms with van der Waals surface area (Å²) < 4.78 is 13.0. The van der Waals surface area contributed by atoms with Crippen LogP contribution in [0.2, 0.25) is 0 Å². The highest BCUT2D eigenvalue weighted by atomic mass is 32.1. The number of thiophene rings is 1. The molecule has 2 rings (SSSR count). The number of carbonyl (C=O) groups excluding carboxylic acids is 1. The van der Waals surface area contributed by atoms with Crippen molar-refractivity contribution in [1.82, 2.24) is 4.90 Å². The SMILES string of the molecule is CN(CC(=O)Nc1cccc(F)c1)Cc1cccs1. The van der Waals surface area contributed by atoms with E-state index in [9.17, 15) is 9.18 Å². The Labute approximate surface area is 115 Å². The zero-order valence-corrected chi connectivity index (χ0v) is 11.4. The van der Waals surface area contributed by atoms with Crippen LogP contribution < -0.4 is 5.32 Å². The summed E-state index contributed by atoms with van der Waals surface area (Å²) in [6.45, 7) is 1.00. The molecule has 1 aromatic carbocycles. The maximum absolute atomic E-state index is 13.0. The van der Waals surface area contributed by atoms with E-state index in [0.717, 1.165) is 6.54 Å².